The molecule has 1 aromatic rings. The third-order valence-corrected chi connectivity index (χ3v) is 7.83. The van der Waals surface area contributed by atoms with Gasteiger partial charge in [-0.1, -0.05) is 48.5 Å². The van der Waals surface area contributed by atoms with Gasteiger partial charge in [0.2, 0.25) is 15.9 Å². The van der Waals surface area contributed by atoms with Gasteiger partial charge in [0.05, 0.1) is 11.7 Å². The Hall–Kier alpha value is -0.820. The van der Waals surface area contributed by atoms with Crippen LogP contribution in [-0.4, -0.2) is 37.8 Å². The van der Waals surface area contributed by atoms with E-state index in [2.05, 4.69) is 5.32 Å². The molecule has 0 radical (unpaired) electrons. The van der Waals surface area contributed by atoms with E-state index < -0.39 is 10.0 Å². The predicted octanol–water partition coefficient (Wildman–Crippen LogP) is 3.98. The van der Waals surface area contributed by atoms with Crippen LogP contribution in [0, 0.1) is 5.92 Å². The van der Waals surface area contributed by atoms with E-state index in [0.29, 0.717) is 28.6 Å². The molecular formula is C19H26Cl2N2O3S. The Balaban J connectivity index is 1.62. The summed E-state index contributed by atoms with van der Waals surface area (Å²) in [4.78, 5) is 12.6. The van der Waals surface area contributed by atoms with E-state index in [1.165, 1.54) is 10.7 Å². The zero-order valence-electron chi connectivity index (χ0n) is 15.3. The number of benzene rings is 1. The summed E-state index contributed by atoms with van der Waals surface area (Å²) >= 11 is 12.0. The summed E-state index contributed by atoms with van der Waals surface area (Å²) in [7, 11) is -3.55. The molecule has 1 atom stereocenters. The van der Waals surface area contributed by atoms with Crippen LogP contribution in [0.15, 0.2) is 18.2 Å². The lowest BCUT2D eigenvalue weighted by atomic mass is 9.93. The molecular weight excluding hydrogens is 407 g/mol. The first-order valence-electron chi connectivity index (χ1n) is 9.57. The molecule has 1 aliphatic carbocycles. The van der Waals surface area contributed by atoms with Crippen molar-refractivity contribution in [2.45, 2.75) is 56.7 Å². The summed E-state index contributed by atoms with van der Waals surface area (Å²) < 4.78 is 27.1. The summed E-state index contributed by atoms with van der Waals surface area (Å²) in [6, 6.07) is 5.06. The quantitative estimate of drug-likeness (QED) is 0.764. The fraction of sp³-hybridized carbons (Fsp3) is 0.632. The highest BCUT2D eigenvalue weighted by Gasteiger charge is 2.33. The first-order valence-corrected chi connectivity index (χ1v) is 11.9. The first kappa shape index (κ1) is 20.9. The van der Waals surface area contributed by atoms with Crippen LogP contribution in [0.2, 0.25) is 10.0 Å². The number of piperidine rings is 1. The van der Waals surface area contributed by atoms with Crippen LogP contribution in [0.1, 0.15) is 50.5 Å². The Kier molecular flexibility index (Phi) is 7.06. The highest BCUT2D eigenvalue weighted by molar-refractivity contribution is 7.88. The fourth-order valence-electron chi connectivity index (χ4n) is 3.90. The standard InChI is InChI=1S/C19H26Cl2N2O3S/c20-16-9-8-15(18(21)11-16)13-27(25,26)23-10-4-5-14(12-23)19(24)22-17-6-2-1-3-7-17/h8-9,11,14,17H,1-7,10,12-13H2,(H,22,24). The minimum Gasteiger partial charge on any atom is -0.353 e. The molecule has 0 bridgehead atoms. The molecule has 1 saturated carbocycles. The van der Waals surface area contributed by atoms with E-state index in [-0.39, 0.29) is 30.2 Å². The van der Waals surface area contributed by atoms with Crippen molar-refractivity contribution in [3.05, 3.63) is 33.8 Å². The topological polar surface area (TPSA) is 66.5 Å². The number of halogens is 2. The molecule has 1 aliphatic heterocycles. The maximum absolute atomic E-state index is 12.9. The Morgan fingerprint density at radius 2 is 1.85 bits per heavy atom. The minimum absolute atomic E-state index is 0.00803. The normalized spacial score (nSPS) is 22.5. The third kappa shape index (κ3) is 5.59. The molecule has 1 saturated heterocycles. The molecule has 5 nitrogen and oxygen atoms in total. The van der Waals surface area contributed by atoms with Crippen LogP contribution in [0.25, 0.3) is 0 Å². The number of hydrogen-bond donors (Lipinski definition) is 1. The van der Waals surface area contributed by atoms with Gasteiger partial charge >= 0.3 is 0 Å². The van der Waals surface area contributed by atoms with Crippen LogP contribution >= 0.6 is 23.2 Å². The van der Waals surface area contributed by atoms with Gasteiger partial charge in [-0.2, -0.15) is 0 Å². The van der Waals surface area contributed by atoms with E-state index in [9.17, 15) is 13.2 Å². The summed E-state index contributed by atoms with van der Waals surface area (Å²) in [5, 5.41) is 3.94. The Morgan fingerprint density at radius 1 is 1.11 bits per heavy atom. The average Bonchev–Trinajstić information content (AvgIpc) is 2.65. The molecule has 150 valence electrons. The van der Waals surface area contributed by atoms with Crippen LogP contribution in [0.3, 0.4) is 0 Å². The summed E-state index contributed by atoms with van der Waals surface area (Å²) in [5.41, 5.74) is 0.523. The number of rotatable bonds is 5. The zero-order chi connectivity index (χ0) is 19.4. The number of amides is 1. The summed E-state index contributed by atoms with van der Waals surface area (Å²) in [6.07, 6.45) is 7.00. The number of nitrogens with one attached hydrogen (secondary N) is 1. The van der Waals surface area contributed by atoms with Crippen molar-refractivity contribution < 1.29 is 13.2 Å². The molecule has 2 fully saturated rings. The Bertz CT molecular complexity index is 779. The van der Waals surface area contributed by atoms with Crippen molar-refractivity contribution in [3.8, 4) is 0 Å². The highest BCUT2D eigenvalue weighted by atomic mass is 35.5. The van der Waals surface area contributed by atoms with Gasteiger partial charge in [0.15, 0.2) is 0 Å². The maximum atomic E-state index is 12.9. The van der Waals surface area contributed by atoms with E-state index >= 15 is 0 Å². The lowest BCUT2D eigenvalue weighted by molar-refractivity contribution is -0.127. The van der Waals surface area contributed by atoms with Crippen molar-refractivity contribution in [1.29, 1.82) is 0 Å². The van der Waals surface area contributed by atoms with Gasteiger partial charge in [0, 0.05) is 29.2 Å². The zero-order valence-corrected chi connectivity index (χ0v) is 17.6. The van der Waals surface area contributed by atoms with Gasteiger partial charge in [0.1, 0.15) is 0 Å². The van der Waals surface area contributed by atoms with E-state index in [4.69, 9.17) is 23.2 Å². The highest BCUT2D eigenvalue weighted by Crippen LogP contribution is 2.27. The molecule has 1 unspecified atom stereocenters. The number of hydrogen-bond acceptors (Lipinski definition) is 3. The number of carbonyl (C=O) groups is 1. The van der Waals surface area contributed by atoms with Crippen molar-refractivity contribution in [2.75, 3.05) is 13.1 Å². The number of sulfonamides is 1. The first-order chi connectivity index (χ1) is 12.8. The molecule has 2 aliphatic rings. The van der Waals surface area contributed by atoms with Crippen molar-refractivity contribution in [1.82, 2.24) is 9.62 Å². The van der Waals surface area contributed by atoms with Crippen LogP contribution < -0.4 is 5.32 Å². The average molecular weight is 433 g/mol. The van der Waals surface area contributed by atoms with Gasteiger partial charge in [-0.15, -0.1) is 0 Å². The largest absolute Gasteiger partial charge is 0.353 e. The van der Waals surface area contributed by atoms with E-state index in [1.54, 1.807) is 18.2 Å². The second-order valence-corrected chi connectivity index (χ2v) is 10.3. The van der Waals surface area contributed by atoms with Gasteiger partial charge in [-0.25, -0.2) is 12.7 Å². The van der Waals surface area contributed by atoms with Crippen molar-refractivity contribution in [3.63, 3.8) is 0 Å². The van der Waals surface area contributed by atoms with Crippen molar-refractivity contribution >= 4 is 39.1 Å². The molecule has 8 heteroatoms. The summed E-state index contributed by atoms with van der Waals surface area (Å²) in [5.74, 6) is -0.470. The molecule has 27 heavy (non-hydrogen) atoms. The van der Waals surface area contributed by atoms with Crippen LogP contribution in [0.4, 0.5) is 0 Å². The van der Waals surface area contributed by atoms with Crippen molar-refractivity contribution in [2.24, 2.45) is 5.92 Å². The monoisotopic (exact) mass is 432 g/mol. The third-order valence-electron chi connectivity index (χ3n) is 5.45. The van der Waals surface area contributed by atoms with Gasteiger partial charge < -0.3 is 5.32 Å². The van der Waals surface area contributed by atoms with Crippen LogP contribution in [-0.2, 0) is 20.6 Å². The number of carbonyl (C=O) groups excluding carboxylic acids is 1. The molecule has 0 aromatic heterocycles. The van der Waals surface area contributed by atoms with Gasteiger partial charge in [-0.3, -0.25) is 4.79 Å². The predicted molar refractivity (Wildman–Crippen MR) is 108 cm³/mol. The van der Waals surface area contributed by atoms with Gasteiger partial charge in [0.25, 0.3) is 0 Å². The van der Waals surface area contributed by atoms with Gasteiger partial charge in [-0.05, 0) is 43.4 Å². The second-order valence-electron chi connectivity index (χ2n) is 7.53. The molecule has 1 N–H and O–H groups in total. The van der Waals surface area contributed by atoms with E-state index in [1.807, 2.05) is 0 Å². The van der Waals surface area contributed by atoms with Crippen LogP contribution in [0.5, 0.6) is 0 Å². The molecule has 1 heterocycles. The molecule has 3 rings (SSSR count). The Morgan fingerprint density at radius 3 is 2.56 bits per heavy atom. The molecule has 0 spiro atoms. The lowest BCUT2D eigenvalue weighted by Crippen LogP contribution is -2.48. The number of nitrogens with zero attached hydrogens (tertiary/aromatic N) is 1. The smallest absolute Gasteiger partial charge is 0.224 e. The maximum Gasteiger partial charge on any atom is 0.224 e. The second kappa shape index (κ2) is 9.12. The summed E-state index contributed by atoms with van der Waals surface area (Å²) in [6.45, 7) is 0.687. The fourth-order valence-corrected chi connectivity index (χ4v) is 6.10. The molecule has 1 aromatic carbocycles. The Labute approximate surface area is 171 Å². The van der Waals surface area contributed by atoms with E-state index in [0.717, 1.165) is 32.1 Å². The minimum atomic E-state index is -3.55. The molecule has 1 amide bonds. The SMILES string of the molecule is O=C(NC1CCCCC1)C1CCCN(S(=O)(=O)Cc2ccc(Cl)cc2Cl)C1. The lowest BCUT2D eigenvalue weighted by Gasteiger charge is -2.33.